The van der Waals surface area contributed by atoms with Gasteiger partial charge in [0.25, 0.3) is 0 Å². The Hall–Kier alpha value is -2.38. The molecule has 3 rings (SSSR count). The molecule has 3 aromatic carbocycles. The summed E-state index contributed by atoms with van der Waals surface area (Å²) in [5, 5.41) is 0.700. The zero-order valence-electron chi connectivity index (χ0n) is 17.8. The van der Waals surface area contributed by atoms with E-state index in [-0.39, 0.29) is 23.9 Å². The Morgan fingerprint density at radius 1 is 0.844 bits per heavy atom. The Kier molecular flexibility index (Phi) is 7.96. The van der Waals surface area contributed by atoms with Gasteiger partial charge in [-0.3, -0.25) is 4.79 Å². The second-order valence-electron chi connectivity index (χ2n) is 7.57. The molecule has 168 valence electrons. The van der Waals surface area contributed by atoms with E-state index >= 15 is 0 Å². The van der Waals surface area contributed by atoms with Gasteiger partial charge >= 0.3 is 0 Å². The number of benzene rings is 3. The number of carbonyl (C=O) groups is 1. The Labute approximate surface area is 199 Å². The van der Waals surface area contributed by atoms with Gasteiger partial charge in [0.2, 0.25) is 15.9 Å². The Bertz CT molecular complexity index is 1180. The number of hydrogen-bond donors (Lipinski definition) is 0. The molecule has 0 heterocycles. The number of aryl methyl sites for hydroxylation is 1. The lowest BCUT2D eigenvalue weighted by Crippen LogP contribution is -2.40. The predicted molar refractivity (Wildman–Crippen MR) is 128 cm³/mol. The molecule has 0 N–H and O–H groups in total. The quantitative estimate of drug-likeness (QED) is 0.438. The third-order valence-electron chi connectivity index (χ3n) is 5.00. The highest BCUT2D eigenvalue weighted by atomic mass is 35.5. The van der Waals surface area contributed by atoms with Crippen molar-refractivity contribution in [2.24, 2.45) is 0 Å². The number of sulfonamides is 1. The molecule has 0 spiro atoms. The average Bonchev–Trinajstić information content (AvgIpc) is 2.76. The van der Waals surface area contributed by atoms with Crippen molar-refractivity contribution in [1.82, 2.24) is 9.21 Å². The minimum Gasteiger partial charge on any atom is -0.340 e. The molecule has 0 atom stereocenters. The van der Waals surface area contributed by atoms with Crippen LogP contribution in [0.5, 0.6) is 0 Å². The molecule has 0 radical (unpaired) electrons. The molecule has 5 nitrogen and oxygen atoms in total. The number of nitrogens with zero attached hydrogens (tertiary/aromatic N) is 2. The van der Waals surface area contributed by atoms with Crippen molar-refractivity contribution in [2.75, 3.05) is 13.6 Å². The zero-order chi connectivity index (χ0) is 23.3. The van der Waals surface area contributed by atoms with Crippen LogP contribution in [-0.4, -0.2) is 37.1 Å². The van der Waals surface area contributed by atoms with E-state index in [1.807, 2.05) is 37.3 Å². The maximum atomic E-state index is 13.4. The van der Waals surface area contributed by atoms with Crippen LogP contribution in [0.2, 0.25) is 10.0 Å². The summed E-state index contributed by atoms with van der Waals surface area (Å²) in [5.74, 6) is -0.315. The molecular weight excluding hydrogens is 467 g/mol. The van der Waals surface area contributed by atoms with Gasteiger partial charge in [-0.15, -0.1) is 0 Å². The van der Waals surface area contributed by atoms with Crippen LogP contribution in [0.1, 0.15) is 16.7 Å². The Morgan fingerprint density at radius 3 is 2.12 bits per heavy atom. The molecule has 0 fully saturated rings. The fourth-order valence-corrected chi connectivity index (χ4v) is 4.84. The second-order valence-corrected chi connectivity index (χ2v) is 10.3. The lowest BCUT2D eigenvalue weighted by atomic mass is 10.2. The van der Waals surface area contributed by atoms with E-state index in [0.29, 0.717) is 22.2 Å². The van der Waals surface area contributed by atoms with Crippen molar-refractivity contribution in [1.29, 1.82) is 0 Å². The minimum absolute atomic E-state index is 0.0159. The third-order valence-corrected chi connectivity index (χ3v) is 7.55. The summed E-state index contributed by atoms with van der Waals surface area (Å²) in [6.07, 6.45) is 0. The van der Waals surface area contributed by atoms with E-state index in [9.17, 15) is 13.2 Å². The summed E-state index contributed by atoms with van der Waals surface area (Å²) in [7, 11) is -2.27. The minimum atomic E-state index is -3.93. The number of carbonyl (C=O) groups excluding carboxylic acids is 1. The smallest absolute Gasteiger partial charge is 0.243 e. The first-order chi connectivity index (χ1) is 15.2. The largest absolute Gasteiger partial charge is 0.340 e. The van der Waals surface area contributed by atoms with Crippen LogP contribution in [0.15, 0.2) is 77.7 Å². The van der Waals surface area contributed by atoms with Crippen molar-refractivity contribution >= 4 is 39.1 Å². The van der Waals surface area contributed by atoms with Gasteiger partial charge in [-0.1, -0.05) is 77.3 Å². The average molecular weight is 491 g/mol. The van der Waals surface area contributed by atoms with E-state index in [1.54, 1.807) is 49.5 Å². The molecule has 0 unspecified atom stereocenters. The highest BCUT2D eigenvalue weighted by molar-refractivity contribution is 7.89. The van der Waals surface area contributed by atoms with Crippen LogP contribution < -0.4 is 0 Å². The number of likely N-dealkylation sites (N-methyl/N-ethyl adjacent to an activating group) is 1. The summed E-state index contributed by atoms with van der Waals surface area (Å²) in [4.78, 5) is 14.6. The maximum absolute atomic E-state index is 13.4. The molecule has 0 saturated heterocycles. The molecule has 0 aromatic heterocycles. The number of rotatable bonds is 8. The highest BCUT2D eigenvalue weighted by Crippen LogP contribution is 2.25. The van der Waals surface area contributed by atoms with Gasteiger partial charge in [0.1, 0.15) is 0 Å². The first-order valence-corrected chi connectivity index (χ1v) is 12.1. The fourth-order valence-electron chi connectivity index (χ4n) is 3.14. The van der Waals surface area contributed by atoms with Gasteiger partial charge in [-0.2, -0.15) is 4.31 Å². The van der Waals surface area contributed by atoms with Crippen LogP contribution in [-0.2, 0) is 27.9 Å². The monoisotopic (exact) mass is 490 g/mol. The van der Waals surface area contributed by atoms with Crippen molar-refractivity contribution < 1.29 is 13.2 Å². The van der Waals surface area contributed by atoms with Crippen molar-refractivity contribution in [3.8, 4) is 0 Å². The first-order valence-electron chi connectivity index (χ1n) is 9.95. The fraction of sp³-hybridized carbons (Fsp3) is 0.208. The van der Waals surface area contributed by atoms with Crippen LogP contribution in [0.3, 0.4) is 0 Å². The van der Waals surface area contributed by atoms with Crippen molar-refractivity contribution in [3.05, 3.63) is 99.5 Å². The maximum Gasteiger partial charge on any atom is 0.243 e. The molecule has 0 aliphatic carbocycles. The molecule has 0 saturated carbocycles. The van der Waals surface area contributed by atoms with Gasteiger partial charge in [0.15, 0.2) is 0 Å². The summed E-state index contributed by atoms with van der Waals surface area (Å²) in [5.41, 5.74) is 2.54. The molecule has 0 aliphatic heterocycles. The molecule has 8 heteroatoms. The Morgan fingerprint density at radius 2 is 1.50 bits per heavy atom. The van der Waals surface area contributed by atoms with E-state index in [4.69, 9.17) is 23.2 Å². The summed E-state index contributed by atoms with van der Waals surface area (Å²) < 4.78 is 28.0. The summed E-state index contributed by atoms with van der Waals surface area (Å²) in [6.45, 7) is 1.94. The van der Waals surface area contributed by atoms with Crippen LogP contribution in [0.4, 0.5) is 0 Å². The van der Waals surface area contributed by atoms with E-state index in [0.717, 1.165) is 11.1 Å². The topological polar surface area (TPSA) is 57.7 Å². The van der Waals surface area contributed by atoms with Crippen LogP contribution in [0.25, 0.3) is 0 Å². The second kappa shape index (κ2) is 10.5. The van der Waals surface area contributed by atoms with E-state index in [2.05, 4.69) is 0 Å². The molecular formula is C24H24Cl2N2O3S. The van der Waals surface area contributed by atoms with Crippen LogP contribution >= 0.6 is 23.2 Å². The standard InChI is InChI=1S/C24H24Cl2N2O3S/c1-18-8-11-21(12-9-18)32(30,31)28(16-20-10-13-22(25)23(26)14-20)17-24(29)27(2)15-19-6-4-3-5-7-19/h3-14H,15-17H2,1-2H3. The summed E-state index contributed by atoms with van der Waals surface area (Å²) >= 11 is 12.1. The SMILES string of the molecule is Cc1ccc(S(=O)(=O)N(CC(=O)N(C)Cc2ccccc2)Cc2ccc(Cl)c(Cl)c2)cc1. The number of halogens is 2. The zero-order valence-corrected chi connectivity index (χ0v) is 20.2. The van der Waals surface area contributed by atoms with Gasteiger partial charge < -0.3 is 4.90 Å². The van der Waals surface area contributed by atoms with Gasteiger partial charge in [0, 0.05) is 20.1 Å². The molecule has 0 aliphatic rings. The number of hydrogen-bond acceptors (Lipinski definition) is 3. The molecule has 3 aromatic rings. The first kappa shape index (κ1) is 24.3. The lowest BCUT2D eigenvalue weighted by molar-refractivity contribution is -0.130. The lowest BCUT2D eigenvalue weighted by Gasteiger charge is -2.25. The van der Waals surface area contributed by atoms with E-state index < -0.39 is 10.0 Å². The molecule has 32 heavy (non-hydrogen) atoms. The van der Waals surface area contributed by atoms with E-state index in [1.165, 1.54) is 9.21 Å². The normalized spacial score (nSPS) is 11.5. The molecule has 1 amide bonds. The summed E-state index contributed by atoms with van der Waals surface area (Å²) in [6, 6.07) is 21.0. The number of amides is 1. The Balaban J connectivity index is 1.87. The highest BCUT2D eigenvalue weighted by Gasteiger charge is 2.28. The third kappa shape index (κ3) is 6.11. The van der Waals surface area contributed by atoms with Crippen molar-refractivity contribution in [2.45, 2.75) is 24.9 Å². The van der Waals surface area contributed by atoms with Crippen molar-refractivity contribution in [3.63, 3.8) is 0 Å². The van der Waals surface area contributed by atoms with Gasteiger partial charge in [-0.25, -0.2) is 8.42 Å². The predicted octanol–water partition coefficient (Wildman–Crippen LogP) is 5.15. The van der Waals surface area contributed by atoms with Gasteiger partial charge in [-0.05, 0) is 42.3 Å². The van der Waals surface area contributed by atoms with Gasteiger partial charge in [0.05, 0.1) is 21.5 Å². The van der Waals surface area contributed by atoms with Crippen LogP contribution in [0, 0.1) is 6.92 Å². The molecule has 0 bridgehead atoms.